The molecule has 0 amide bonds. The molecule has 5 nitrogen and oxygen atoms in total. The van der Waals surface area contributed by atoms with Gasteiger partial charge in [-0.05, 0) is 6.92 Å². The van der Waals surface area contributed by atoms with Gasteiger partial charge in [0.05, 0.1) is 24.8 Å². The Bertz CT molecular complexity index is 333. The van der Waals surface area contributed by atoms with Gasteiger partial charge in [0.25, 0.3) is 0 Å². The van der Waals surface area contributed by atoms with Crippen LogP contribution in [0.4, 0.5) is 5.82 Å². The van der Waals surface area contributed by atoms with Crippen LogP contribution >= 0.6 is 11.8 Å². The number of hydrogen-bond donors (Lipinski definition) is 1. The fourth-order valence-corrected chi connectivity index (χ4v) is 1.52. The van der Waals surface area contributed by atoms with Crippen LogP contribution in [0.2, 0.25) is 0 Å². The van der Waals surface area contributed by atoms with Crippen molar-refractivity contribution in [1.29, 1.82) is 0 Å². The maximum absolute atomic E-state index is 11.1. The Morgan fingerprint density at radius 3 is 3.07 bits per heavy atom. The van der Waals surface area contributed by atoms with Gasteiger partial charge in [-0.25, -0.2) is 4.98 Å². The van der Waals surface area contributed by atoms with Gasteiger partial charge < -0.3 is 10.1 Å². The third-order valence-electron chi connectivity index (χ3n) is 1.51. The lowest BCUT2D eigenvalue weighted by Gasteiger charge is -2.02. The van der Waals surface area contributed by atoms with Crippen molar-refractivity contribution in [2.24, 2.45) is 0 Å². The second-order valence-corrected chi connectivity index (χ2v) is 3.58. The zero-order chi connectivity index (χ0) is 11.1. The number of ether oxygens (including phenoxy) is 1. The van der Waals surface area contributed by atoms with E-state index in [1.54, 1.807) is 26.4 Å². The van der Waals surface area contributed by atoms with Gasteiger partial charge in [-0.3, -0.25) is 9.78 Å². The minimum absolute atomic E-state index is 0.237. The highest BCUT2D eigenvalue weighted by Crippen LogP contribution is 2.15. The van der Waals surface area contributed by atoms with Crippen LogP contribution in [0.25, 0.3) is 0 Å². The largest absolute Gasteiger partial charge is 0.465 e. The normalized spacial score (nSPS) is 9.73. The molecule has 0 aliphatic carbocycles. The van der Waals surface area contributed by atoms with Crippen molar-refractivity contribution in [3.63, 3.8) is 0 Å². The van der Waals surface area contributed by atoms with Gasteiger partial charge >= 0.3 is 5.97 Å². The molecule has 15 heavy (non-hydrogen) atoms. The minimum atomic E-state index is -0.237. The van der Waals surface area contributed by atoms with Gasteiger partial charge in [-0.2, -0.15) is 0 Å². The number of nitrogens with zero attached hydrogens (tertiary/aromatic N) is 2. The predicted molar refractivity (Wildman–Crippen MR) is 58.9 cm³/mol. The molecule has 0 radical (unpaired) electrons. The summed E-state index contributed by atoms with van der Waals surface area (Å²) in [5.41, 5.74) is 0. The fourth-order valence-electron chi connectivity index (χ4n) is 0.874. The van der Waals surface area contributed by atoms with Crippen molar-refractivity contribution in [3.05, 3.63) is 12.4 Å². The molecule has 0 saturated heterocycles. The summed E-state index contributed by atoms with van der Waals surface area (Å²) in [5.74, 6) is 0.707. The first-order chi connectivity index (χ1) is 7.26. The van der Waals surface area contributed by atoms with Gasteiger partial charge in [0.15, 0.2) is 0 Å². The van der Waals surface area contributed by atoms with Gasteiger partial charge in [0.2, 0.25) is 0 Å². The highest BCUT2D eigenvalue weighted by molar-refractivity contribution is 7.99. The molecule has 0 spiro atoms. The number of carbonyl (C=O) groups is 1. The molecule has 0 atom stereocenters. The highest BCUT2D eigenvalue weighted by atomic mass is 32.2. The van der Waals surface area contributed by atoms with Crippen LogP contribution in [0.5, 0.6) is 0 Å². The molecule has 0 aromatic carbocycles. The zero-order valence-electron chi connectivity index (χ0n) is 8.69. The van der Waals surface area contributed by atoms with E-state index in [0.717, 1.165) is 0 Å². The van der Waals surface area contributed by atoms with E-state index in [0.29, 0.717) is 17.5 Å². The average molecular weight is 227 g/mol. The molecule has 1 heterocycles. The van der Waals surface area contributed by atoms with Crippen molar-refractivity contribution >= 4 is 23.5 Å². The smallest absolute Gasteiger partial charge is 0.316 e. The van der Waals surface area contributed by atoms with Crippen LogP contribution in [0.1, 0.15) is 6.92 Å². The van der Waals surface area contributed by atoms with E-state index < -0.39 is 0 Å². The van der Waals surface area contributed by atoms with Gasteiger partial charge in [0.1, 0.15) is 10.8 Å². The van der Waals surface area contributed by atoms with Crippen molar-refractivity contribution in [3.8, 4) is 0 Å². The second-order valence-electron chi connectivity index (χ2n) is 2.59. The number of carbonyl (C=O) groups excluding carboxylic acids is 1. The molecule has 1 aromatic heterocycles. The average Bonchev–Trinajstić information content (AvgIpc) is 2.27. The Labute approximate surface area is 92.6 Å². The molecule has 0 aliphatic heterocycles. The number of rotatable bonds is 5. The molecule has 0 fully saturated rings. The van der Waals surface area contributed by atoms with Gasteiger partial charge in [0, 0.05) is 7.05 Å². The number of hydrogen-bond acceptors (Lipinski definition) is 6. The summed E-state index contributed by atoms with van der Waals surface area (Å²) in [6.07, 6.45) is 3.24. The maximum Gasteiger partial charge on any atom is 0.316 e. The topological polar surface area (TPSA) is 64.1 Å². The molecule has 1 N–H and O–H groups in total. The lowest BCUT2D eigenvalue weighted by Crippen LogP contribution is -2.06. The van der Waals surface area contributed by atoms with Crippen LogP contribution in [-0.2, 0) is 9.53 Å². The van der Waals surface area contributed by atoms with Crippen molar-refractivity contribution in [2.75, 3.05) is 24.7 Å². The van der Waals surface area contributed by atoms with E-state index in [1.807, 2.05) is 0 Å². The number of aromatic nitrogens is 2. The first kappa shape index (κ1) is 11.8. The molecule has 1 rings (SSSR count). The zero-order valence-corrected chi connectivity index (χ0v) is 9.50. The SMILES string of the molecule is CCOC(=O)CSc1cncc(NC)n1. The first-order valence-corrected chi connectivity index (χ1v) is 5.53. The van der Waals surface area contributed by atoms with Crippen LogP contribution in [0.3, 0.4) is 0 Å². The van der Waals surface area contributed by atoms with E-state index in [-0.39, 0.29) is 11.7 Å². The number of thioether (sulfide) groups is 1. The Hall–Kier alpha value is -1.30. The summed E-state index contributed by atoms with van der Waals surface area (Å²) < 4.78 is 4.80. The first-order valence-electron chi connectivity index (χ1n) is 4.54. The molecule has 0 aliphatic rings. The van der Waals surface area contributed by atoms with Crippen molar-refractivity contribution in [2.45, 2.75) is 11.9 Å². The van der Waals surface area contributed by atoms with Crippen molar-refractivity contribution < 1.29 is 9.53 Å². The number of nitrogens with one attached hydrogen (secondary N) is 1. The van der Waals surface area contributed by atoms with Crippen LogP contribution in [0, 0.1) is 0 Å². The molecular weight excluding hydrogens is 214 g/mol. The van der Waals surface area contributed by atoms with E-state index in [1.165, 1.54) is 11.8 Å². The lowest BCUT2D eigenvalue weighted by atomic mass is 10.7. The third kappa shape index (κ3) is 4.16. The summed E-state index contributed by atoms with van der Waals surface area (Å²) in [7, 11) is 1.77. The van der Waals surface area contributed by atoms with Crippen LogP contribution in [0.15, 0.2) is 17.4 Å². The van der Waals surface area contributed by atoms with Crippen LogP contribution in [-0.4, -0.2) is 35.3 Å². The fraction of sp³-hybridized carbons (Fsp3) is 0.444. The third-order valence-corrected chi connectivity index (χ3v) is 2.38. The second kappa shape index (κ2) is 6.23. The maximum atomic E-state index is 11.1. The molecule has 6 heteroatoms. The minimum Gasteiger partial charge on any atom is -0.465 e. The molecule has 1 aromatic rings. The summed E-state index contributed by atoms with van der Waals surface area (Å²) >= 11 is 1.31. The van der Waals surface area contributed by atoms with E-state index >= 15 is 0 Å². The van der Waals surface area contributed by atoms with Crippen LogP contribution < -0.4 is 5.32 Å². The van der Waals surface area contributed by atoms with E-state index in [2.05, 4.69) is 15.3 Å². The quantitative estimate of drug-likeness (QED) is 0.602. The molecular formula is C9H13N3O2S. The lowest BCUT2D eigenvalue weighted by molar-refractivity contribution is -0.139. The van der Waals surface area contributed by atoms with Gasteiger partial charge in [-0.15, -0.1) is 0 Å². The highest BCUT2D eigenvalue weighted by Gasteiger charge is 2.04. The molecule has 0 unspecified atom stereocenters. The summed E-state index contributed by atoms with van der Waals surface area (Å²) in [6, 6.07) is 0. The Morgan fingerprint density at radius 2 is 2.40 bits per heavy atom. The molecule has 82 valence electrons. The Balaban J connectivity index is 2.46. The van der Waals surface area contributed by atoms with Crippen molar-refractivity contribution in [1.82, 2.24) is 9.97 Å². The number of anilines is 1. The molecule has 0 bridgehead atoms. The number of esters is 1. The van der Waals surface area contributed by atoms with Gasteiger partial charge in [-0.1, -0.05) is 11.8 Å². The summed E-state index contributed by atoms with van der Waals surface area (Å²) in [4.78, 5) is 19.3. The standard InChI is InChI=1S/C9H13N3O2S/c1-3-14-9(13)6-15-8-5-11-4-7(10-2)12-8/h4-5H,3,6H2,1-2H3,(H,10,12). The predicted octanol–water partition coefficient (Wildman–Crippen LogP) is 1.17. The summed E-state index contributed by atoms with van der Waals surface area (Å²) in [5, 5.41) is 3.58. The van der Waals surface area contributed by atoms with E-state index in [4.69, 9.17) is 4.74 Å². The van der Waals surface area contributed by atoms with E-state index in [9.17, 15) is 4.79 Å². The summed E-state index contributed by atoms with van der Waals surface area (Å²) in [6.45, 7) is 2.19. The molecule has 0 saturated carbocycles. The Morgan fingerprint density at radius 1 is 1.60 bits per heavy atom. The monoisotopic (exact) mass is 227 g/mol. The Kier molecular flexibility index (Phi) is 4.89.